The van der Waals surface area contributed by atoms with E-state index in [1.54, 1.807) is 12.1 Å². The summed E-state index contributed by atoms with van der Waals surface area (Å²) in [5.41, 5.74) is 3.53. The highest BCUT2D eigenvalue weighted by Crippen LogP contribution is 2.39. The van der Waals surface area contributed by atoms with Crippen LogP contribution in [0.4, 0.5) is 11.6 Å². The number of nitro benzene ring substituents is 1. The van der Waals surface area contributed by atoms with Crippen LogP contribution in [0.15, 0.2) is 59.8 Å². The zero-order chi connectivity index (χ0) is 22.0. The molecule has 160 valence electrons. The fraction of sp³-hybridized carbons (Fsp3) is 0.304. The quantitative estimate of drug-likeness (QED) is 0.251. The summed E-state index contributed by atoms with van der Waals surface area (Å²) in [6.45, 7) is 4.27. The molecule has 31 heavy (non-hydrogen) atoms. The third-order valence-electron chi connectivity index (χ3n) is 5.45. The number of hydrogen-bond acceptors (Lipinski definition) is 6. The number of para-hydroxylation sites is 2. The summed E-state index contributed by atoms with van der Waals surface area (Å²) in [5.74, 6) is 0.220. The van der Waals surface area contributed by atoms with Crippen molar-refractivity contribution in [3.63, 3.8) is 0 Å². The summed E-state index contributed by atoms with van der Waals surface area (Å²) in [5, 5.41) is 14.3. The summed E-state index contributed by atoms with van der Waals surface area (Å²) >= 11 is 0. The van der Waals surface area contributed by atoms with Crippen molar-refractivity contribution in [2.24, 2.45) is 0 Å². The molecule has 0 radical (unpaired) electrons. The van der Waals surface area contributed by atoms with Gasteiger partial charge < -0.3 is 10.1 Å². The van der Waals surface area contributed by atoms with E-state index in [9.17, 15) is 14.9 Å². The molecule has 3 aromatic rings. The van der Waals surface area contributed by atoms with Gasteiger partial charge in [-0.3, -0.25) is 14.7 Å². The van der Waals surface area contributed by atoms with Gasteiger partial charge in [0.1, 0.15) is 0 Å². The van der Waals surface area contributed by atoms with Crippen molar-refractivity contribution in [2.45, 2.75) is 39.2 Å². The molecule has 4 rings (SSSR count). The van der Waals surface area contributed by atoms with E-state index >= 15 is 0 Å². The monoisotopic (exact) mass is 420 g/mol. The molecule has 8 nitrogen and oxygen atoms in total. The molecule has 0 fully saturated rings. The van der Waals surface area contributed by atoms with Gasteiger partial charge in [-0.05, 0) is 43.2 Å². The van der Waals surface area contributed by atoms with Crippen LogP contribution in [-0.2, 0) is 9.53 Å². The van der Waals surface area contributed by atoms with Gasteiger partial charge >= 0.3 is 5.97 Å². The second-order valence-corrected chi connectivity index (χ2v) is 7.55. The Morgan fingerprint density at radius 3 is 2.65 bits per heavy atom. The van der Waals surface area contributed by atoms with Crippen LogP contribution in [0.1, 0.15) is 44.7 Å². The zero-order valence-electron chi connectivity index (χ0n) is 17.5. The Hall–Kier alpha value is -3.68. The predicted molar refractivity (Wildman–Crippen MR) is 118 cm³/mol. The first-order valence-corrected chi connectivity index (χ1v) is 10.4. The molecular formula is C23H24N4O4. The lowest BCUT2D eigenvalue weighted by molar-refractivity contribution is -0.384. The van der Waals surface area contributed by atoms with Gasteiger partial charge in [-0.25, -0.2) is 9.78 Å². The highest BCUT2D eigenvalue weighted by atomic mass is 16.6. The normalized spacial score (nSPS) is 15.5. The van der Waals surface area contributed by atoms with E-state index in [0.29, 0.717) is 23.8 Å². The van der Waals surface area contributed by atoms with Crippen molar-refractivity contribution in [1.82, 2.24) is 9.55 Å². The van der Waals surface area contributed by atoms with Crippen LogP contribution in [0, 0.1) is 10.1 Å². The van der Waals surface area contributed by atoms with Crippen LogP contribution in [0.3, 0.4) is 0 Å². The summed E-state index contributed by atoms with van der Waals surface area (Å²) in [6, 6.07) is 13.4. The van der Waals surface area contributed by atoms with Gasteiger partial charge in [0.2, 0.25) is 5.95 Å². The molecular weight excluding hydrogens is 396 g/mol. The van der Waals surface area contributed by atoms with E-state index in [-0.39, 0.29) is 5.69 Å². The van der Waals surface area contributed by atoms with E-state index in [4.69, 9.17) is 4.74 Å². The number of carbonyl (C=O) groups excluding carboxylic acids is 1. The van der Waals surface area contributed by atoms with E-state index in [0.717, 1.165) is 35.9 Å². The molecule has 1 aliphatic heterocycles. The van der Waals surface area contributed by atoms with E-state index in [1.807, 2.05) is 35.8 Å². The number of rotatable bonds is 7. The summed E-state index contributed by atoms with van der Waals surface area (Å²) in [6.07, 6.45) is 2.84. The molecule has 1 unspecified atom stereocenters. The Labute approximate surface area is 179 Å². The number of nitrogens with zero attached hydrogens (tertiary/aromatic N) is 3. The number of nitro groups is 1. The van der Waals surface area contributed by atoms with Crippen molar-refractivity contribution >= 4 is 28.6 Å². The minimum Gasteiger partial charge on any atom is -0.462 e. The Morgan fingerprint density at radius 2 is 1.94 bits per heavy atom. The Balaban J connectivity index is 1.80. The fourth-order valence-electron chi connectivity index (χ4n) is 3.92. The van der Waals surface area contributed by atoms with Crippen LogP contribution >= 0.6 is 0 Å². The highest BCUT2D eigenvalue weighted by Gasteiger charge is 2.35. The lowest BCUT2D eigenvalue weighted by Gasteiger charge is -2.30. The van der Waals surface area contributed by atoms with Gasteiger partial charge in [0.25, 0.3) is 5.69 Å². The molecule has 0 bridgehead atoms. The standard InChI is InChI=1S/C23H24N4O4/c1-3-4-7-14-31-22(28)20-15(2)24-23-25-18-8-5-6-9-19(18)26(23)21(20)16-10-12-17(13-11-16)27(29)30/h5-6,8-13,21H,3-4,7,14H2,1-2H3,(H,24,25). The molecule has 0 spiro atoms. The number of allylic oxidation sites excluding steroid dienone is 1. The number of non-ortho nitro benzene ring substituents is 1. The van der Waals surface area contributed by atoms with E-state index in [2.05, 4.69) is 17.2 Å². The number of nitrogens with one attached hydrogen (secondary N) is 1. The maximum atomic E-state index is 13.1. The lowest BCUT2D eigenvalue weighted by Crippen LogP contribution is -2.29. The predicted octanol–water partition coefficient (Wildman–Crippen LogP) is 4.97. The fourth-order valence-corrected chi connectivity index (χ4v) is 3.92. The maximum absolute atomic E-state index is 13.1. The Bertz CT molecular complexity index is 1160. The van der Waals surface area contributed by atoms with Crippen LogP contribution in [0.2, 0.25) is 0 Å². The Kier molecular flexibility index (Phi) is 5.70. The van der Waals surface area contributed by atoms with Crippen molar-refractivity contribution in [2.75, 3.05) is 11.9 Å². The summed E-state index contributed by atoms with van der Waals surface area (Å²) in [7, 11) is 0. The van der Waals surface area contributed by atoms with Gasteiger partial charge in [-0.1, -0.05) is 31.9 Å². The van der Waals surface area contributed by atoms with Crippen molar-refractivity contribution < 1.29 is 14.5 Å². The summed E-state index contributed by atoms with van der Waals surface area (Å²) in [4.78, 5) is 28.5. The largest absolute Gasteiger partial charge is 0.462 e. The van der Waals surface area contributed by atoms with Gasteiger partial charge in [0, 0.05) is 17.8 Å². The SMILES string of the molecule is CCCCCOC(=O)C1=C(C)Nc2nc3ccccc3n2C1c1ccc([N+](=O)[O-])cc1. The number of aromatic nitrogens is 2. The second kappa shape index (κ2) is 8.59. The van der Waals surface area contributed by atoms with Crippen LogP contribution in [0.25, 0.3) is 11.0 Å². The molecule has 1 aromatic heterocycles. The Morgan fingerprint density at radius 1 is 1.19 bits per heavy atom. The molecule has 0 aliphatic carbocycles. The molecule has 1 aliphatic rings. The van der Waals surface area contributed by atoms with E-state index in [1.165, 1.54) is 12.1 Å². The first-order valence-electron chi connectivity index (χ1n) is 10.4. The first kappa shape index (κ1) is 20.6. The molecule has 0 amide bonds. The lowest BCUT2D eigenvalue weighted by atomic mass is 9.95. The van der Waals surface area contributed by atoms with Crippen molar-refractivity contribution in [1.29, 1.82) is 0 Å². The average Bonchev–Trinajstić information content (AvgIpc) is 3.13. The van der Waals surface area contributed by atoms with Gasteiger partial charge in [-0.2, -0.15) is 0 Å². The molecule has 0 saturated heterocycles. The number of fused-ring (bicyclic) bond motifs is 3. The highest BCUT2D eigenvalue weighted by molar-refractivity contribution is 5.94. The number of benzene rings is 2. The third-order valence-corrected chi connectivity index (χ3v) is 5.45. The van der Waals surface area contributed by atoms with Crippen LogP contribution in [-0.4, -0.2) is 27.1 Å². The maximum Gasteiger partial charge on any atom is 0.338 e. The summed E-state index contributed by atoms with van der Waals surface area (Å²) < 4.78 is 7.54. The smallest absolute Gasteiger partial charge is 0.338 e. The van der Waals surface area contributed by atoms with Crippen LogP contribution < -0.4 is 5.32 Å². The second-order valence-electron chi connectivity index (χ2n) is 7.55. The van der Waals surface area contributed by atoms with Gasteiger partial charge in [-0.15, -0.1) is 0 Å². The zero-order valence-corrected chi connectivity index (χ0v) is 17.5. The molecule has 1 atom stereocenters. The van der Waals surface area contributed by atoms with Crippen molar-refractivity contribution in [3.05, 3.63) is 75.5 Å². The number of ether oxygens (including phenoxy) is 1. The topological polar surface area (TPSA) is 99.3 Å². The average molecular weight is 420 g/mol. The number of imidazole rings is 1. The molecule has 2 heterocycles. The molecule has 2 aromatic carbocycles. The first-order chi connectivity index (χ1) is 15.0. The van der Waals surface area contributed by atoms with Gasteiger partial charge in [0.05, 0.1) is 34.2 Å². The number of carbonyl (C=O) groups is 1. The molecule has 0 saturated carbocycles. The molecule has 8 heteroatoms. The number of anilines is 1. The number of esters is 1. The number of unbranched alkanes of at least 4 members (excludes halogenated alkanes) is 2. The van der Waals surface area contributed by atoms with Crippen LogP contribution in [0.5, 0.6) is 0 Å². The minimum atomic E-state index is -0.511. The van der Waals surface area contributed by atoms with Gasteiger partial charge in [0.15, 0.2) is 0 Å². The third kappa shape index (κ3) is 3.88. The van der Waals surface area contributed by atoms with E-state index < -0.39 is 16.9 Å². The number of hydrogen-bond donors (Lipinski definition) is 1. The van der Waals surface area contributed by atoms with Crippen molar-refractivity contribution in [3.8, 4) is 0 Å². The minimum absolute atomic E-state index is 0.00205. The molecule has 1 N–H and O–H groups in total.